The van der Waals surface area contributed by atoms with Crippen molar-refractivity contribution in [3.8, 4) is 0 Å². The van der Waals surface area contributed by atoms with Gasteiger partial charge in [0.05, 0.1) is 5.69 Å². The van der Waals surface area contributed by atoms with Crippen LogP contribution in [0, 0.1) is 5.82 Å². The molecule has 1 heterocycles. The Labute approximate surface area is 89.3 Å². The lowest BCUT2D eigenvalue weighted by Crippen LogP contribution is -2.31. The maximum Gasteiger partial charge on any atom is 0.146 e. The highest BCUT2D eigenvalue weighted by Gasteiger charge is 2.19. The standard InChI is InChI=1S/C12H16FNO/c13-11-6-1-4-10-5-2-7-14(12(10)11)8-3-9-15/h1,4,6,15H,2-3,5,7-9H2. The number of nitrogens with zero attached hydrogens (tertiary/aromatic N) is 1. The molecule has 1 aromatic rings. The molecule has 1 aliphatic heterocycles. The number of rotatable bonds is 3. The lowest BCUT2D eigenvalue weighted by molar-refractivity contribution is 0.289. The second kappa shape index (κ2) is 4.62. The fourth-order valence-electron chi connectivity index (χ4n) is 2.17. The third-order valence-electron chi connectivity index (χ3n) is 2.85. The summed E-state index contributed by atoms with van der Waals surface area (Å²) >= 11 is 0. The first-order chi connectivity index (χ1) is 7.33. The molecule has 1 aromatic carbocycles. The molecule has 0 saturated carbocycles. The van der Waals surface area contributed by atoms with Gasteiger partial charge in [0.15, 0.2) is 0 Å². The zero-order valence-corrected chi connectivity index (χ0v) is 8.75. The zero-order valence-electron chi connectivity index (χ0n) is 8.75. The quantitative estimate of drug-likeness (QED) is 0.822. The normalized spacial score (nSPS) is 15.2. The van der Waals surface area contributed by atoms with Crippen LogP contribution in [0.25, 0.3) is 0 Å². The van der Waals surface area contributed by atoms with Crippen molar-refractivity contribution >= 4 is 5.69 Å². The monoisotopic (exact) mass is 209 g/mol. The Balaban J connectivity index is 2.24. The predicted molar refractivity (Wildman–Crippen MR) is 58.6 cm³/mol. The number of anilines is 1. The van der Waals surface area contributed by atoms with E-state index in [0.717, 1.165) is 37.2 Å². The highest BCUT2D eigenvalue weighted by molar-refractivity contribution is 5.56. The van der Waals surface area contributed by atoms with Crippen molar-refractivity contribution in [2.75, 3.05) is 24.6 Å². The molecule has 0 aliphatic carbocycles. The maximum absolute atomic E-state index is 13.6. The second-order valence-electron chi connectivity index (χ2n) is 3.92. The van der Waals surface area contributed by atoms with Gasteiger partial charge in [0.25, 0.3) is 0 Å². The first-order valence-corrected chi connectivity index (χ1v) is 5.46. The highest BCUT2D eigenvalue weighted by atomic mass is 19.1. The average molecular weight is 209 g/mol. The van der Waals surface area contributed by atoms with Crippen molar-refractivity contribution in [1.82, 2.24) is 0 Å². The Morgan fingerprint density at radius 1 is 1.40 bits per heavy atom. The van der Waals surface area contributed by atoms with Gasteiger partial charge in [-0.05, 0) is 30.9 Å². The molecule has 0 atom stereocenters. The van der Waals surface area contributed by atoms with E-state index in [2.05, 4.69) is 0 Å². The van der Waals surface area contributed by atoms with E-state index in [-0.39, 0.29) is 12.4 Å². The summed E-state index contributed by atoms with van der Waals surface area (Å²) in [6.07, 6.45) is 2.73. The smallest absolute Gasteiger partial charge is 0.146 e. The van der Waals surface area contributed by atoms with Crippen molar-refractivity contribution in [3.63, 3.8) is 0 Å². The van der Waals surface area contributed by atoms with Crippen molar-refractivity contribution in [1.29, 1.82) is 0 Å². The number of aliphatic hydroxyl groups excluding tert-OH is 1. The van der Waals surface area contributed by atoms with Crippen LogP contribution in [0.15, 0.2) is 18.2 Å². The minimum absolute atomic E-state index is 0.134. The van der Waals surface area contributed by atoms with Crippen molar-refractivity contribution in [3.05, 3.63) is 29.6 Å². The minimum Gasteiger partial charge on any atom is -0.396 e. The molecule has 0 fully saturated rings. The van der Waals surface area contributed by atoms with Crippen LogP contribution < -0.4 is 4.90 Å². The molecule has 82 valence electrons. The molecular weight excluding hydrogens is 193 g/mol. The fourth-order valence-corrected chi connectivity index (χ4v) is 2.17. The largest absolute Gasteiger partial charge is 0.396 e. The third-order valence-corrected chi connectivity index (χ3v) is 2.85. The van der Waals surface area contributed by atoms with Gasteiger partial charge in [-0.3, -0.25) is 0 Å². The van der Waals surface area contributed by atoms with Gasteiger partial charge in [-0.15, -0.1) is 0 Å². The van der Waals surface area contributed by atoms with E-state index in [9.17, 15) is 4.39 Å². The van der Waals surface area contributed by atoms with Gasteiger partial charge < -0.3 is 10.0 Å². The van der Waals surface area contributed by atoms with E-state index in [1.54, 1.807) is 6.07 Å². The summed E-state index contributed by atoms with van der Waals surface area (Å²) in [6.45, 7) is 1.80. The molecule has 2 nitrogen and oxygen atoms in total. The molecule has 1 N–H and O–H groups in total. The SMILES string of the molecule is OCCCN1CCCc2cccc(F)c21. The second-order valence-corrected chi connectivity index (χ2v) is 3.92. The lowest BCUT2D eigenvalue weighted by Gasteiger charge is -2.31. The number of hydrogen-bond acceptors (Lipinski definition) is 2. The molecule has 3 heteroatoms. The summed E-state index contributed by atoms with van der Waals surface area (Å²) in [6, 6.07) is 5.27. The first kappa shape index (κ1) is 10.4. The molecule has 0 radical (unpaired) electrons. The van der Waals surface area contributed by atoms with Crippen LogP contribution in [-0.2, 0) is 6.42 Å². The van der Waals surface area contributed by atoms with Gasteiger partial charge in [-0.1, -0.05) is 12.1 Å². The van der Waals surface area contributed by atoms with Crippen LogP contribution in [0.1, 0.15) is 18.4 Å². The number of aryl methyl sites for hydroxylation is 1. The van der Waals surface area contributed by atoms with Crippen LogP contribution in [-0.4, -0.2) is 24.8 Å². The number of benzene rings is 1. The van der Waals surface area contributed by atoms with Gasteiger partial charge in [-0.25, -0.2) is 4.39 Å². The van der Waals surface area contributed by atoms with Crippen LogP contribution in [0.3, 0.4) is 0 Å². The summed E-state index contributed by atoms with van der Waals surface area (Å²) < 4.78 is 13.6. The Morgan fingerprint density at radius 3 is 3.07 bits per heavy atom. The number of hydrogen-bond donors (Lipinski definition) is 1. The van der Waals surface area contributed by atoms with Gasteiger partial charge in [-0.2, -0.15) is 0 Å². The van der Waals surface area contributed by atoms with Crippen molar-refractivity contribution < 1.29 is 9.50 Å². The van der Waals surface area contributed by atoms with E-state index in [1.807, 2.05) is 11.0 Å². The Kier molecular flexibility index (Phi) is 3.21. The summed E-state index contributed by atoms with van der Waals surface area (Å²) in [4.78, 5) is 2.05. The van der Waals surface area contributed by atoms with Crippen LogP contribution in [0.5, 0.6) is 0 Å². The predicted octanol–water partition coefficient (Wildman–Crippen LogP) is 1.96. The molecule has 0 aromatic heterocycles. The topological polar surface area (TPSA) is 23.5 Å². The maximum atomic E-state index is 13.6. The number of aliphatic hydroxyl groups is 1. The minimum atomic E-state index is -0.134. The molecule has 0 saturated heterocycles. The Bertz CT molecular complexity index is 340. The van der Waals surface area contributed by atoms with Crippen LogP contribution in [0.4, 0.5) is 10.1 Å². The highest BCUT2D eigenvalue weighted by Crippen LogP contribution is 2.29. The Hall–Kier alpha value is -1.09. The summed E-state index contributed by atoms with van der Waals surface area (Å²) in [5.74, 6) is -0.134. The molecule has 0 bridgehead atoms. The third kappa shape index (κ3) is 2.12. The van der Waals surface area contributed by atoms with Gasteiger partial charge in [0.2, 0.25) is 0 Å². The number of para-hydroxylation sites is 1. The van der Waals surface area contributed by atoms with E-state index < -0.39 is 0 Å². The van der Waals surface area contributed by atoms with E-state index >= 15 is 0 Å². The lowest BCUT2D eigenvalue weighted by atomic mass is 10.0. The van der Waals surface area contributed by atoms with Crippen molar-refractivity contribution in [2.24, 2.45) is 0 Å². The number of fused-ring (bicyclic) bond motifs is 1. The molecule has 0 spiro atoms. The van der Waals surface area contributed by atoms with E-state index in [0.29, 0.717) is 6.42 Å². The number of halogens is 1. The molecule has 0 amide bonds. The molecule has 15 heavy (non-hydrogen) atoms. The average Bonchev–Trinajstić information content (AvgIpc) is 2.26. The fraction of sp³-hybridized carbons (Fsp3) is 0.500. The Morgan fingerprint density at radius 2 is 2.27 bits per heavy atom. The van der Waals surface area contributed by atoms with E-state index in [4.69, 9.17) is 5.11 Å². The van der Waals surface area contributed by atoms with Gasteiger partial charge in [0.1, 0.15) is 5.82 Å². The van der Waals surface area contributed by atoms with Gasteiger partial charge in [0, 0.05) is 19.7 Å². The molecule has 0 unspecified atom stereocenters. The summed E-state index contributed by atoms with van der Waals surface area (Å²) in [7, 11) is 0. The summed E-state index contributed by atoms with van der Waals surface area (Å²) in [5, 5.41) is 8.79. The van der Waals surface area contributed by atoms with E-state index in [1.165, 1.54) is 6.07 Å². The molecule has 1 aliphatic rings. The van der Waals surface area contributed by atoms with Gasteiger partial charge >= 0.3 is 0 Å². The zero-order chi connectivity index (χ0) is 10.7. The molecular formula is C12H16FNO. The molecule has 2 rings (SSSR count). The van der Waals surface area contributed by atoms with Crippen LogP contribution >= 0.6 is 0 Å². The first-order valence-electron chi connectivity index (χ1n) is 5.46. The van der Waals surface area contributed by atoms with Crippen molar-refractivity contribution in [2.45, 2.75) is 19.3 Å². The van der Waals surface area contributed by atoms with Crippen LogP contribution in [0.2, 0.25) is 0 Å². The summed E-state index contributed by atoms with van der Waals surface area (Å²) in [5.41, 5.74) is 1.84.